The fourth-order valence-electron chi connectivity index (χ4n) is 0.832. The first-order chi connectivity index (χ1) is 5.65. The van der Waals surface area contributed by atoms with Crippen molar-refractivity contribution in [3.63, 3.8) is 0 Å². The number of halogens is 2. The Kier molecular flexibility index (Phi) is 2.83. The fourth-order valence-corrected chi connectivity index (χ4v) is 1.18. The van der Waals surface area contributed by atoms with Crippen molar-refractivity contribution in [2.24, 2.45) is 0 Å². The summed E-state index contributed by atoms with van der Waals surface area (Å²) in [7, 11) is 0. The van der Waals surface area contributed by atoms with Gasteiger partial charge >= 0.3 is 0 Å². The zero-order chi connectivity index (χ0) is 9.14. The maximum absolute atomic E-state index is 13.0. The zero-order valence-corrected chi connectivity index (χ0v) is 8.10. The molecule has 12 heavy (non-hydrogen) atoms. The normalized spacial score (nSPS) is 12.2. The molecular weight excluding hydrogens is 221 g/mol. The molecule has 0 N–H and O–H groups in total. The molecule has 1 aromatic rings. The van der Waals surface area contributed by atoms with E-state index in [0.717, 1.165) is 4.47 Å². The lowest BCUT2D eigenvalue weighted by Gasteiger charge is -2.04. The minimum atomic E-state index is -0.497. The van der Waals surface area contributed by atoms with Crippen LogP contribution in [-0.4, -0.2) is 4.98 Å². The highest BCUT2D eigenvalue weighted by atomic mass is 79.9. The fraction of sp³-hybridized carbons (Fsp3) is 0.222. The van der Waals surface area contributed by atoms with Crippen molar-refractivity contribution >= 4 is 15.9 Å². The standard InChI is InChI=1S/C9H7BrFN/c1-3-6(2)8-4-7(10)5-12-9(8)11/h1,4-6H,2H3. The second-order valence-corrected chi connectivity index (χ2v) is 3.34. The average molecular weight is 228 g/mol. The molecule has 0 spiro atoms. The summed E-state index contributed by atoms with van der Waals surface area (Å²) >= 11 is 3.20. The minimum Gasteiger partial charge on any atom is -0.227 e. The lowest BCUT2D eigenvalue weighted by atomic mass is 10.0. The topological polar surface area (TPSA) is 12.9 Å². The number of hydrogen-bond donors (Lipinski definition) is 0. The summed E-state index contributed by atoms with van der Waals surface area (Å²) in [5.41, 5.74) is 0.451. The van der Waals surface area contributed by atoms with Gasteiger partial charge in [-0.25, -0.2) is 4.98 Å². The summed E-state index contributed by atoms with van der Waals surface area (Å²) in [5.74, 6) is 1.71. The van der Waals surface area contributed by atoms with E-state index in [2.05, 4.69) is 26.8 Å². The Balaban J connectivity index is 3.15. The van der Waals surface area contributed by atoms with E-state index >= 15 is 0 Å². The summed E-state index contributed by atoms with van der Waals surface area (Å²) in [6.07, 6.45) is 6.57. The highest BCUT2D eigenvalue weighted by Gasteiger charge is 2.09. The van der Waals surface area contributed by atoms with Gasteiger partial charge in [-0.3, -0.25) is 0 Å². The van der Waals surface area contributed by atoms with Gasteiger partial charge < -0.3 is 0 Å². The van der Waals surface area contributed by atoms with Gasteiger partial charge in [-0.1, -0.05) is 5.92 Å². The molecule has 0 saturated carbocycles. The van der Waals surface area contributed by atoms with Crippen molar-refractivity contribution < 1.29 is 4.39 Å². The molecule has 3 heteroatoms. The number of hydrogen-bond acceptors (Lipinski definition) is 1. The Labute approximate surface area is 79.1 Å². The summed E-state index contributed by atoms with van der Waals surface area (Å²) in [6.45, 7) is 1.76. The maximum atomic E-state index is 13.0. The second-order valence-electron chi connectivity index (χ2n) is 2.42. The summed E-state index contributed by atoms with van der Waals surface area (Å²) < 4.78 is 13.7. The van der Waals surface area contributed by atoms with Gasteiger partial charge in [0, 0.05) is 22.2 Å². The van der Waals surface area contributed by atoms with Crippen molar-refractivity contribution in [3.05, 3.63) is 28.2 Å². The van der Waals surface area contributed by atoms with E-state index < -0.39 is 5.95 Å². The number of nitrogens with zero attached hydrogens (tertiary/aromatic N) is 1. The van der Waals surface area contributed by atoms with Crippen molar-refractivity contribution in [3.8, 4) is 12.3 Å². The Morgan fingerprint density at radius 1 is 1.75 bits per heavy atom. The molecule has 1 nitrogen and oxygen atoms in total. The molecule has 1 unspecified atom stereocenters. The molecule has 0 amide bonds. The maximum Gasteiger partial charge on any atom is 0.217 e. The Morgan fingerprint density at radius 2 is 2.42 bits per heavy atom. The molecular formula is C9H7BrFN. The Morgan fingerprint density at radius 3 is 3.00 bits per heavy atom. The first-order valence-electron chi connectivity index (χ1n) is 3.42. The lowest BCUT2D eigenvalue weighted by molar-refractivity contribution is 0.563. The summed E-state index contributed by atoms with van der Waals surface area (Å²) in [5, 5.41) is 0. The molecule has 0 bridgehead atoms. The SMILES string of the molecule is C#CC(C)c1cc(Br)cnc1F. The minimum absolute atomic E-state index is 0.241. The van der Waals surface area contributed by atoms with Gasteiger partial charge in [0.05, 0.1) is 0 Å². The smallest absolute Gasteiger partial charge is 0.217 e. The summed E-state index contributed by atoms with van der Waals surface area (Å²) in [6, 6.07) is 1.65. The van der Waals surface area contributed by atoms with Crippen LogP contribution in [0.15, 0.2) is 16.7 Å². The van der Waals surface area contributed by atoms with Crippen LogP contribution in [0.2, 0.25) is 0 Å². The van der Waals surface area contributed by atoms with Gasteiger partial charge in [-0.15, -0.1) is 6.42 Å². The number of rotatable bonds is 1. The Hall–Kier alpha value is -0.880. The van der Waals surface area contributed by atoms with Gasteiger partial charge in [-0.05, 0) is 28.9 Å². The molecule has 0 fully saturated rings. The third-order valence-corrected chi connectivity index (χ3v) is 1.98. The molecule has 0 aliphatic rings. The highest BCUT2D eigenvalue weighted by Crippen LogP contribution is 2.20. The molecule has 62 valence electrons. The van der Waals surface area contributed by atoms with E-state index in [1.54, 1.807) is 13.0 Å². The van der Waals surface area contributed by atoms with E-state index in [9.17, 15) is 4.39 Å². The highest BCUT2D eigenvalue weighted by molar-refractivity contribution is 9.10. The number of pyridine rings is 1. The van der Waals surface area contributed by atoms with Crippen LogP contribution in [0, 0.1) is 18.3 Å². The van der Waals surface area contributed by atoms with E-state index in [-0.39, 0.29) is 5.92 Å². The molecule has 0 saturated heterocycles. The van der Waals surface area contributed by atoms with Gasteiger partial charge in [0.15, 0.2) is 0 Å². The van der Waals surface area contributed by atoms with Crippen LogP contribution in [-0.2, 0) is 0 Å². The van der Waals surface area contributed by atoms with Crippen LogP contribution in [0.1, 0.15) is 18.4 Å². The van der Waals surface area contributed by atoms with Crippen molar-refractivity contribution in [2.75, 3.05) is 0 Å². The van der Waals surface area contributed by atoms with Crippen LogP contribution in [0.25, 0.3) is 0 Å². The number of terminal acetylenes is 1. The van der Waals surface area contributed by atoms with E-state index in [1.807, 2.05) is 0 Å². The molecule has 0 radical (unpaired) electrons. The third kappa shape index (κ3) is 1.83. The van der Waals surface area contributed by atoms with Crippen LogP contribution in [0.4, 0.5) is 4.39 Å². The molecule has 1 aromatic heterocycles. The molecule has 1 heterocycles. The average Bonchev–Trinajstić information content (AvgIpc) is 2.08. The van der Waals surface area contributed by atoms with Gasteiger partial charge in [0.2, 0.25) is 5.95 Å². The first-order valence-corrected chi connectivity index (χ1v) is 4.21. The van der Waals surface area contributed by atoms with Crippen molar-refractivity contribution in [1.82, 2.24) is 4.98 Å². The molecule has 1 rings (SSSR count). The van der Waals surface area contributed by atoms with Crippen molar-refractivity contribution in [2.45, 2.75) is 12.8 Å². The predicted molar refractivity (Wildman–Crippen MR) is 49.1 cm³/mol. The summed E-state index contributed by atoms with van der Waals surface area (Å²) in [4.78, 5) is 3.54. The largest absolute Gasteiger partial charge is 0.227 e. The number of aromatic nitrogens is 1. The van der Waals surface area contributed by atoms with Crippen LogP contribution in [0.3, 0.4) is 0 Å². The molecule has 0 aliphatic heterocycles. The van der Waals surface area contributed by atoms with Crippen LogP contribution < -0.4 is 0 Å². The van der Waals surface area contributed by atoms with Crippen LogP contribution in [0.5, 0.6) is 0 Å². The van der Waals surface area contributed by atoms with Crippen molar-refractivity contribution in [1.29, 1.82) is 0 Å². The van der Waals surface area contributed by atoms with Crippen LogP contribution >= 0.6 is 15.9 Å². The first kappa shape index (κ1) is 9.21. The second kappa shape index (κ2) is 3.68. The third-order valence-electron chi connectivity index (χ3n) is 1.55. The lowest BCUT2D eigenvalue weighted by Crippen LogP contribution is -1.96. The molecule has 0 aromatic carbocycles. The zero-order valence-electron chi connectivity index (χ0n) is 6.51. The Bertz CT molecular complexity index is 330. The van der Waals surface area contributed by atoms with E-state index in [1.165, 1.54) is 6.20 Å². The quantitative estimate of drug-likeness (QED) is 0.532. The van der Waals surface area contributed by atoms with E-state index in [0.29, 0.717) is 5.56 Å². The van der Waals surface area contributed by atoms with Gasteiger partial charge in [0.25, 0.3) is 0 Å². The van der Waals surface area contributed by atoms with E-state index in [4.69, 9.17) is 6.42 Å². The predicted octanol–water partition coefficient (Wildman–Crippen LogP) is 2.72. The van der Waals surface area contributed by atoms with Gasteiger partial charge in [0.1, 0.15) is 0 Å². The molecule has 1 atom stereocenters. The monoisotopic (exact) mass is 227 g/mol. The van der Waals surface area contributed by atoms with Gasteiger partial charge in [-0.2, -0.15) is 4.39 Å². The molecule has 0 aliphatic carbocycles.